The normalized spacial score (nSPS) is 17.4. The Balaban J connectivity index is 2.10. The second kappa shape index (κ2) is 10.7. The smallest absolute Gasteiger partial charge is 0.295 e. The highest BCUT2D eigenvalue weighted by molar-refractivity contribution is 6.46. The summed E-state index contributed by atoms with van der Waals surface area (Å²) in [4.78, 5) is 39.9. The van der Waals surface area contributed by atoms with Crippen LogP contribution in [0.2, 0.25) is 5.02 Å². The van der Waals surface area contributed by atoms with Gasteiger partial charge in [0, 0.05) is 24.2 Å². The molecule has 0 spiro atoms. The molecule has 1 heterocycles. The number of likely N-dealkylation sites (tertiary alicyclic amines) is 1. The van der Waals surface area contributed by atoms with Crippen LogP contribution in [0.4, 0.5) is 5.69 Å². The minimum absolute atomic E-state index is 0.0936. The lowest BCUT2D eigenvalue weighted by Gasteiger charge is -2.26. The van der Waals surface area contributed by atoms with Gasteiger partial charge < -0.3 is 19.6 Å². The lowest BCUT2D eigenvalue weighted by atomic mass is 9.95. The minimum atomic E-state index is -0.895. The van der Waals surface area contributed by atoms with Gasteiger partial charge in [0.1, 0.15) is 11.5 Å². The Morgan fingerprint density at radius 1 is 1.21 bits per heavy atom. The van der Waals surface area contributed by atoms with Crippen LogP contribution >= 0.6 is 11.6 Å². The summed E-state index contributed by atoms with van der Waals surface area (Å²) >= 11 is 6.26. The van der Waals surface area contributed by atoms with Crippen molar-refractivity contribution in [3.05, 3.63) is 74.3 Å². The Bertz CT molecular complexity index is 1130. The van der Waals surface area contributed by atoms with E-state index in [9.17, 15) is 24.8 Å². The highest BCUT2D eigenvalue weighted by Gasteiger charge is 2.45. The van der Waals surface area contributed by atoms with Gasteiger partial charge in [-0.3, -0.25) is 19.7 Å². The van der Waals surface area contributed by atoms with Gasteiger partial charge in [0.25, 0.3) is 17.4 Å². The number of amides is 1. The number of benzene rings is 2. The monoisotopic (exact) mass is 487 g/mol. The SMILES string of the molecule is CCOc1ccc(C(O)=C2C(=O)C(=O)N(CCCN(C)C)[C@H]2c2ccc([N+](=O)[O-])cc2)cc1Cl. The molecule has 3 rings (SSSR count). The van der Waals surface area contributed by atoms with E-state index in [4.69, 9.17) is 16.3 Å². The van der Waals surface area contributed by atoms with Crippen molar-refractivity contribution in [2.45, 2.75) is 19.4 Å². The molecule has 0 bridgehead atoms. The van der Waals surface area contributed by atoms with Crippen molar-refractivity contribution >= 4 is 34.7 Å². The maximum absolute atomic E-state index is 13.1. The molecule has 2 aromatic rings. The molecule has 0 saturated carbocycles. The Morgan fingerprint density at radius 3 is 2.44 bits per heavy atom. The predicted octanol–water partition coefficient (Wildman–Crippen LogP) is 4.02. The molecule has 9 nitrogen and oxygen atoms in total. The number of hydrogen-bond acceptors (Lipinski definition) is 7. The first kappa shape index (κ1) is 25.2. The van der Waals surface area contributed by atoms with Crippen molar-refractivity contribution in [2.75, 3.05) is 33.8 Å². The number of Topliss-reactive ketones (excluding diaryl/α,β-unsaturated/α-hetero) is 1. The number of hydrogen-bond donors (Lipinski definition) is 1. The zero-order valence-electron chi connectivity index (χ0n) is 19.2. The third-order valence-corrected chi connectivity index (χ3v) is 5.76. The first-order chi connectivity index (χ1) is 16.1. The number of halogens is 1. The molecule has 1 atom stereocenters. The minimum Gasteiger partial charge on any atom is -0.507 e. The molecule has 2 aromatic carbocycles. The standard InChI is InChI=1S/C24H26ClN3O6/c1-4-34-19-11-8-16(14-18(19)25)22(29)20-21(15-6-9-17(10-7-15)28(32)33)27(24(31)23(20)30)13-5-12-26(2)3/h6-11,14,21,29H,4-5,12-13H2,1-3H3/t21-/m0/s1. The van der Waals surface area contributed by atoms with Gasteiger partial charge in [0.2, 0.25) is 0 Å². The highest BCUT2D eigenvalue weighted by atomic mass is 35.5. The molecule has 1 aliphatic heterocycles. The first-order valence-electron chi connectivity index (χ1n) is 10.8. The third-order valence-electron chi connectivity index (χ3n) is 5.47. The molecule has 1 fully saturated rings. The van der Waals surface area contributed by atoms with Crippen molar-refractivity contribution in [2.24, 2.45) is 0 Å². The van der Waals surface area contributed by atoms with E-state index in [-0.39, 0.29) is 34.2 Å². The van der Waals surface area contributed by atoms with E-state index in [1.807, 2.05) is 25.9 Å². The van der Waals surface area contributed by atoms with Crippen molar-refractivity contribution < 1.29 is 24.4 Å². The molecular formula is C24H26ClN3O6. The van der Waals surface area contributed by atoms with E-state index < -0.39 is 22.7 Å². The highest BCUT2D eigenvalue weighted by Crippen LogP contribution is 2.40. The third kappa shape index (κ3) is 5.21. The number of carbonyl (C=O) groups is 2. The Hall–Kier alpha value is -3.43. The van der Waals surface area contributed by atoms with E-state index >= 15 is 0 Å². The van der Waals surface area contributed by atoms with Gasteiger partial charge in [-0.15, -0.1) is 0 Å². The van der Waals surface area contributed by atoms with Crippen LogP contribution in [0.1, 0.15) is 30.5 Å². The summed E-state index contributed by atoms with van der Waals surface area (Å²) in [5.74, 6) is -1.50. The van der Waals surface area contributed by atoms with Crippen molar-refractivity contribution in [1.82, 2.24) is 9.80 Å². The summed E-state index contributed by atoms with van der Waals surface area (Å²) in [6.45, 7) is 3.17. The van der Waals surface area contributed by atoms with Gasteiger partial charge in [-0.05, 0) is 69.9 Å². The lowest BCUT2D eigenvalue weighted by molar-refractivity contribution is -0.384. The van der Waals surface area contributed by atoms with Crippen LogP contribution in [0.25, 0.3) is 5.76 Å². The number of non-ortho nitro benzene ring substituents is 1. The Morgan fingerprint density at radius 2 is 1.88 bits per heavy atom. The summed E-state index contributed by atoms with van der Waals surface area (Å²) in [5.41, 5.74) is 0.524. The van der Waals surface area contributed by atoms with Crippen molar-refractivity contribution in [3.63, 3.8) is 0 Å². The van der Waals surface area contributed by atoms with Crippen LogP contribution in [0.15, 0.2) is 48.0 Å². The van der Waals surface area contributed by atoms with Crippen LogP contribution in [-0.2, 0) is 9.59 Å². The van der Waals surface area contributed by atoms with E-state index in [0.29, 0.717) is 30.9 Å². The molecule has 34 heavy (non-hydrogen) atoms. The maximum Gasteiger partial charge on any atom is 0.295 e. The molecular weight excluding hydrogens is 462 g/mol. The summed E-state index contributed by atoms with van der Waals surface area (Å²) < 4.78 is 5.42. The summed E-state index contributed by atoms with van der Waals surface area (Å²) in [5, 5.41) is 22.5. The lowest BCUT2D eigenvalue weighted by Crippen LogP contribution is -2.32. The number of rotatable bonds is 9. The number of nitro groups is 1. The van der Waals surface area contributed by atoms with Gasteiger partial charge >= 0.3 is 0 Å². The fourth-order valence-electron chi connectivity index (χ4n) is 3.87. The average Bonchev–Trinajstić information content (AvgIpc) is 3.05. The van der Waals surface area contributed by atoms with Gasteiger partial charge in [0.05, 0.1) is 28.2 Å². The largest absolute Gasteiger partial charge is 0.507 e. The molecule has 0 radical (unpaired) electrons. The van der Waals surface area contributed by atoms with Gasteiger partial charge in [-0.25, -0.2) is 0 Å². The molecule has 1 amide bonds. The van der Waals surface area contributed by atoms with E-state index in [1.54, 1.807) is 12.1 Å². The fraction of sp³-hybridized carbons (Fsp3) is 0.333. The van der Waals surface area contributed by atoms with Crippen LogP contribution in [0.3, 0.4) is 0 Å². The number of carbonyl (C=O) groups excluding carboxylic acids is 2. The summed E-state index contributed by atoms with van der Waals surface area (Å²) in [6.07, 6.45) is 0.596. The van der Waals surface area contributed by atoms with E-state index in [0.717, 1.165) is 0 Å². The predicted molar refractivity (Wildman–Crippen MR) is 128 cm³/mol. The molecule has 0 aromatic heterocycles. The van der Waals surface area contributed by atoms with Gasteiger partial charge in [-0.2, -0.15) is 0 Å². The second-order valence-electron chi connectivity index (χ2n) is 8.08. The van der Waals surface area contributed by atoms with Crippen LogP contribution in [0.5, 0.6) is 5.75 Å². The number of ketones is 1. The number of nitro benzene ring substituents is 1. The Kier molecular flexibility index (Phi) is 7.90. The molecule has 1 N–H and O–H groups in total. The molecule has 0 aliphatic carbocycles. The number of ether oxygens (including phenoxy) is 1. The number of aliphatic hydroxyl groups excluding tert-OH is 1. The topological polar surface area (TPSA) is 113 Å². The summed E-state index contributed by atoms with van der Waals surface area (Å²) in [6, 6.07) is 9.31. The van der Waals surface area contributed by atoms with E-state index in [2.05, 4.69) is 0 Å². The van der Waals surface area contributed by atoms with Crippen LogP contribution in [-0.4, -0.2) is 65.3 Å². The quantitative estimate of drug-likeness (QED) is 0.187. The fourth-order valence-corrected chi connectivity index (χ4v) is 4.10. The van der Waals surface area contributed by atoms with Gasteiger partial charge in [0.15, 0.2) is 0 Å². The summed E-state index contributed by atoms with van der Waals surface area (Å²) in [7, 11) is 3.80. The molecule has 1 aliphatic rings. The zero-order valence-corrected chi connectivity index (χ0v) is 19.9. The molecule has 10 heteroatoms. The Labute approximate surface area is 202 Å². The first-order valence-corrected chi connectivity index (χ1v) is 11.1. The second-order valence-corrected chi connectivity index (χ2v) is 8.48. The van der Waals surface area contributed by atoms with E-state index in [1.165, 1.54) is 35.2 Å². The zero-order chi connectivity index (χ0) is 25.0. The van der Waals surface area contributed by atoms with Crippen LogP contribution in [0, 0.1) is 10.1 Å². The van der Waals surface area contributed by atoms with Crippen molar-refractivity contribution in [1.29, 1.82) is 0 Å². The average molecular weight is 488 g/mol. The number of aliphatic hydroxyl groups is 1. The van der Waals surface area contributed by atoms with Crippen LogP contribution < -0.4 is 4.74 Å². The number of nitrogens with zero attached hydrogens (tertiary/aromatic N) is 3. The molecule has 180 valence electrons. The molecule has 1 saturated heterocycles. The van der Waals surface area contributed by atoms with Gasteiger partial charge in [-0.1, -0.05) is 11.6 Å². The van der Waals surface area contributed by atoms with Crippen molar-refractivity contribution in [3.8, 4) is 5.75 Å². The molecule has 0 unspecified atom stereocenters. The maximum atomic E-state index is 13.1.